The molecule has 1 heterocycles. The van der Waals surface area contributed by atoms with Crippen molar-refractivity contribution in [2.75, 3.05) is 0 Å². The summed E-state index contributed by atoms with van der Waals surface area (Å²) in [7, 11) is 0. The Morgan fingerprint density at radius 3 is 2.61 bits per heavy atom. The average Bonchev–Trinajstić information content (AvgIpc) is 2.62. The predicted molar refractivity (Wildman–Crippen MR) is 79.8 cm³/mol. The molecule has 0 saturated heterocycles. The highest BCUT2D eigenvalue weighted by molar-refractivity contribution is 9.12. The van der Waals surface area contributed by atoms with Gasteiger partial charge in [0.1, 0.15) is 5.82 Å². The predicted octanol–water partition coefficient (Wildman–Crippen LogP) is 5.34. The summed E-state index contributed by atoms with van der Waals surface area (Å²) in [6.07, 6.45) is -0.328. The van der Waals surface area contributed by atoms with Crippen LogP contribution in [0.3, 0.4) is 0 Å². The van der Waals surface area contributed by atoms with Gasteiger partial charge in [0, 0.05) is 17.0 Å². The molecule has 1 aromatic carbocycles. The van der Waals surface area contributed by atoms with Crippen molar-refractivity contribution >= 4 is 54.8 Å². The number of aliphatic hydroxyl groups excluding tert-OH is 1. The smallest absolute Gasteiger partial charge is 0.124 e. The van der Waals surface area contributed by atoms with E-state index in [2.05, 4.69) is 31.9 Å². The van der Waals surface area contributed by atoms with Gasteiger partial charge in [-0.2, -0.15) is 0 Å². The van der Waals surface area contributed by atoms with Crippen molar-refractivity contribution in [3.8, 4) is 0 Å². The number of aliphatic hydroxyl groups is 1. The molecule has 0 radical (unpaired) electrons. The molecule has 1 atom stereocenters. The van der Waals surface area contributed by atoms with E-state index >= 15 is 0 Å². The topological polar surface area (TPSA) is 20.2 Å². The van der Waals surface area contributed by atoms with Crippen LogP contribution in [0, 0.1) is 5.82 Å². The SMILES string of the molecule is OC(Cc1ccc(F)cc1Cl)c1cc(Br)sc1Br. The second kappa shape index (κ2) is 6.01. The maximum absolute atomic E-state index is 12.9. The Kier molecular flexibility index (Phi) is 4.83. The molecule has 0 spiro atoms. The Bertz CT molecular complexity index is 573. The van der Waals surface area contributed by atoms with E-state index in [0.29, 0.717) is 11.4 Å². The largest absolute Gasteiger partial charge is 0.388 e. The normalized spacial score (nSPS) is 12.7. The van der Waals surface area contributed by atoms with Crippen LogP contribution < -0.4 is 0 Å². The monoisotopic (exact) mass is 412 g/mol. The minimum Gasteiger partial charge on any atom is -0.388 e. The van der Waals surface area contributed by atoms with Crippen molar-refractivity contribution in [1.29, 1.82) is 0 Å². The lowest BCUT2D eigenvalue weighted by Crippen LogP contribution is -2.02. The highest BCUT2D eigenvalue weighted by Crippen LogP contribution is 2.37. The summed E-state index contributed by atoms with van der Waals surface area (Å²) in [5.74, 6) is -0.377. The molecule has 0 fully saturated rings. The van der Waals surface area contributed by atoms with Crippen LogP contribution in [0.2, 0.25) is 5.02 Å². The summed E-state index contributed by atoms with van der Waals surface area (Å²) in [4.78, 5) is 0. The van der Waals surface area contributed by atoms with Crippen LogP contribution in [0.5, 0.6) is 0 Å². The molecule has 18 heavy (non-hydrogen) atoms. The van der Waals surface area contributed by atoms with Crippen LogP contribution in [-0.4, -0.2) is 5.11 Å². The van der Waals surface area contributed by atoms with Crippen molar-refractivity contribution in [1.82, 2.24) is 0 Å². The van der Waals surface area contributed by atoms with Gasteiger partial charge in [0.15, 0.2) is 0 Å². The lowest BCUT2D eigenvalue weighted by atomic mass is 10.0. The number of thiophene rings is 1. The Morgan fingerprint density at radius 1 is 1.33 bits per heavy atom. The maximum Gasteiger partial charge on any atom is 0.124 e. The summed E-state index contributed by atoms with van der Waals surface area (Å²) in [5, 5.41) is 10.5. The molecule has 1 aromatic heterocycles. The zero-order chi connectivity index (χ0) is 13.3. The first-order valence-corrected chi connectivity index (χ1v) is 7.82. The van der Waals surface area contributed by atoms with E-state index in [0.717, 1.165) is 18.7 Å². The number of rotatable bonds is 3. The quantitative estimate of drug-likeness (QED) is 0.719. The second-order valence-electron chi connectivity index (χ2n) is 3.74. The van der Waals surface area contributed by atoms with E-state index in [4.69, 9.17) is 11.6 Å². The molecule has 1 N–H and O–H groups in total. The van der Waals surface area contributed by atoms with Crippen molar-refractivity contribution in [3.63, 3.8) is 0 Å². The zero-order valence-corrected chi connectivity index (χ0v) is 13.7. The summed E-state index contributed by atoms with van der Waals surface area (Å²) < 4.78 is 14.7. The van der Waals surface area contributed by atoms with Crippen LogP contribution in [0.1, 0.15) is 17.2 Å². The highest BCUT2D eigenvalue weighted by atomic mass is 79.9. The minimum absolute atomic E-state index is 0.333. The molecule has 0 aliphatic heterocycles. The fourth-order valence-electron chi connectivity index (χ4n) is 1.59. The molecule has 6 heteroatoms. The van der Waals surface area contributed by atoms with Gasteiger partial charge in [-0.15, -0.1) is 11.3 Å². The van der Waals surface area contributed by atoms with Crippen molar-refractivity contribution in [3.05, 3.63) is 53.8 Å². The van der Waals surface area contributed by atoms with Crippen LogP contribution in [0.15, 0.2) is 31.8 Å². The van der Waals surface area contributed by atoms with Crippen molar-refractivity contribution < 1.29 is 9.50 Å². The van der Waals surface area contributed by atoms with E-state index in [1.54, 1.807) is 6.07 Å². The molecule has 2 rings (SSSR count). The molecule has 0 aliphatic carbocycles. The van der Waals surface area contributed by atoms with Gasteiger partial charge >= 0.3 is 0 Å². The molecular formula is C12H8Br2ClFOS. The van der Waals surface area contributed by atoms with Gasteiger partial charge in [-0.1, -0.05) is 17.7 Å². The lowest BCUT2D eigenvalue weighted by Gasteiger charge is -2.11. The minimum atomic E-state index is -0.676. The van der Waals surface area contributed by atoms with Gasteiger partial charge < -0.3 is 5.11 Å². The molecule has 96 valence electrons. The molecule has 0 bridgehead atoms. The standard InChI is InChI=1S/C12H8Br2ClFOS/c13-11-5-8(12(14)18-11)10(17)3-6-1-2-7(16)4-9(6)15/h1-2,4-5,10,17H,3H2. The zero-order valence-electron chi connectivity index (χ0n) is 8.96. The first-order valence-electron chi connectivity index (χ1n) is 5.04. The fourth-order valence-corrected chi connectivity index (χ4v) is 4.79. The Hall–Kier alpha value is 0.0600. The van der Waals surface area contributed by atoms with E-state index in [9.17, 15) is 9.50 Å². The fraction of sp³-hybridized carbons (Fsp3) is 0.167. The summed E-state index contributed by atoms with van der Waals surface area (Å²) in [6.45, 7) is 0. The van der Waals surface area contributed by atoms with Crippen LogP contribution in [0.4, 0.5) is 4.39 Å². The molecule has 0 aliphatic rings. The lowest BCUT2D eigenvalue weighted by molar-refractivity contribution is 0.178. The Morgan fingerprint density at radius 2 is 2.06 bits per heavy atom. The van der Waals surface area contributed by atoms with Gasteiger partial charge in [-0.05, 0) is 55.6 Å². The third kappa shape index (κ3) is 3.33. The number of hydrogen-bond donors (Lipinski definition) is 1. The molecule has 0 amide bonds. The third-order valence-corrected chi connectivity index (χ3v) is 5.21. The molecule has 0 saturated carbocycles. The Labute approximate surface area is 130 Å². The molecule has 1 nitrogen and oxygen atoms in total. The first-order chi connectivity index (χ1) is 8.47. The summed E-state index contributed by atoms with van der Waals surface area (Å²) >= 11 is 14.2. The van der Waals surface area contributed by atoms with Crippen LogP contribution in [-0.2, 0) is 6.42 Å². The molecule has 2 aromatic rings. The van der Waals surface area contributed by atoms with Gasteiger partial charge in [-0.3, -0.25) is 0 Å². The van der Waals surface area contributed by atoms with Crippen LogP contribution >= 0.6 is 54.8 Å². The maximum atomic E-state index is 12.9. The number of halogens is 4. The third-order valence-electron chi connectivity index (χ3n) is 2.47. The molecule has 1 unspecified atom stereocenters. The first kappa shape index (κ1) is 14.5. The second-order valence-corrected chi connectivity index (χ2v) is 7.89. The van der Waals surface area contributed by atoms with Gasteiger partial charge in [0.25, 0.3) is 0 Å². The van der Waals surface area contributed by atoms with Gasteiger partial charge in [-0.25, -0.2) is 4.39 Å². The van der Waals surface area contributed by atoms with Crippen molar-refractivity contribution in [2.45, 2.75) is 12.5 Å². The summed E-state index contributed by atoms with van der Waals surface area (Å²) in [6, 6.07) is 6.04. The highest BCUT2D eigenvalue weighted by Gasteiger charge is 2.16. The average molecular weight is 415 g/mol. The van der Waals surface area contributed by atoms with Gasteiger partial charge in [0.05, 0.1) is 13.7 Å². The van der Waals surface area contributed by atoms with E-state index in [1.165, 1.54) is 23.5 Å². The van der Waals surface area contributed by atoms with Crippen molar-refractivity contribution in [2.24, 2.45) is 0 Å². The van der Waals surface area contributed by atoms with Crippen LogP contribution in [0.25, 0.3) is 0 Å². The summed E-state index contributed by atoms with van der Waals surface area (Å²) in [5.41, 5.74) is 1.52. The van der Waals surface area contributed by atoms with E-state index in [-0.39, 0.29) is 5.82 Å². The Balaban J connectivity index is 2.21. The van der Waals surface area contributed by atoms with E-state index in [1.807, 2.05) is 6.07 Å². The number of hydrogen-bond acceptors (Lipinski definition) is 2. The van der Waals surface area contributed by atoms with Gasteiger partial charge in [0.2, 0.25) is 0 Å². The van der Waals surface area contributed by atoms with E-state index < -0.39 is 6.10 Å². The number of benzene rings is 1. The molecular weight excluding hydrogens is 406 g/mol.